The van der Waals surface area contributed by atoms with Crippen LogP contribution in [0.25, 0.3) is 0 Å². The summed E-state index contributed by atoms with van der Waals surface area (Å²) in [4.78, 5) is 9.59. The standard InChI is InChI=1S/C11H17FN4S/c1-11(2)3-4-16(5-6-17-11)9-8(12)7-14-10(13)15-9/h7H,3-6H2,1-2H3,(H2,13,14,15). The van der Waals surface area contributed by atoms with Gasteiger partial charge in [-0.25, -0.2) is 9.37 Å². The molecule has 0 bridgehead atoms. The van der Waals surface area contributed by atoms with Crippen molar-refractivity contribution in [3.05, 3.63) is 12.0 Å². The van der Waals surface area contributed by atoms with Crippen molar-refractivity contribution in [3.8, 4) is 0 Å². The van der Waals surface area contributed by atoms with Gasteiger partial charge in [-0.1, -0.05) is 13.8 Å². The lowest BCUT2D eigenvalue weighted by atomic mass is 10.1. The molecule has 0 radical (unpaired) electrons. The van der Waals surface area contributed by atoms with Crippen LogP contribution in [-0.2, 0) is 0 Å². The van der Waals surface area contributed by atoms with Crippen molar-refractivity contribution < 1.29 is 4.39 Å². The van der Waals surface area contributed by atoms with Gasteiger partial charge in [0.05, 0.1) is 6.20 Å². The predicted molar refractivity (Wildman–Crippen MR) is 69.8 cm³/mol. The highest BCUT2D eigenvalue weighted by Gasteiger charge is 2.25. The lowest BCUT2D eigenvalue weighted by Gasteiger charge is -2.23. The summed E-state index contributed by atoms with van der Waals surface area (Å²) < 4.78 is 13.9. The normalized spacial score (nSPS) is 20.1. The molecule has 2 heterocycles. The highest BCUT2D eigenvalue weighted by atomic mass is 32.2. The molecule has 1 fully saturated rings. The summed E-state index contributed by atoms with van der Waals surface area (Å²) in [5.74, 6) is 1.02. The smallest absolute Gasteiger partial charge is 0.222 e. The van der Waals surface area contributed by atoms with Gasteiger partial charge in [-0.05, 0) is 6.42 Å². The molecule has 0 spiro atoms. The fourth-order valence-corrected chi connectivity index (χ4v) is 2.93. The largest absolute Gasteiger partial charge is 0.368 e. The Balaban J connectivity index is 2.19. The Morgan fingerprint density at radius 1 is 1.47 bits per heavy atom. The topological polar surface area (TPSA) is 55.0 Å². The number of nitrogen functional groups attached to an aromatic ring is 1. The first-order valence-corrected chi connectivity index (χ1v) is 6.63. The quantitative estimate of drug-likeness (QED) is 0.832. The van der Waals surface area contributed by atoms with Gasteiger partial charge < -0.3 is 10.6 Å². The Morgan fingerprint density at radius 3 is 3.00 bits per heavy atom. The predicted octanol–water partition coefficient (Wildman–Crippen LogP) is 1.92. The Morgan fingerprint density at radius 2 is 2.24 bits per heavy atom. The molecule has 0 unspecified atom stereocenters. The molecule has 1 aromatic heterocycles. The SMILES string of the molecule is CC1(C)CCN(c2nc(N)ncc2F)CCS1. The second-order valence-corrected chi connectivity index (χ2v) is 6.55. The molecule has 0 atom stereocenters. The van der Waals surface area contributed by atoms with Gasteiger partial charge in [0.25, 0.3) is 0 Å². The molecule has 6 heteroatoms. The van der Waals surface area contributed by atoms with Crippen LogP contribution in [0.5, 0.6) is 0 Å². The average Bonchev–Trinajstić information content (AvgIpc) is 2.43. The number of nitrogens with two attached hydrogens (primary N) is 1. The van der Waals surface area contributed by atoms with Crippen LogP contribution in [0, 0.1) is 5.82 Å². The lowest BCUT2D eigenvalue weighted by Crippen LogP contribution is -2.29. The maximum absolute atomic E-state index is 13.7. The van der Waals surface area contributed by atoms with E-state index in [1.54, 1.807) is 0 Å². The summed E-state index contributed by atoms with van der Waals surface area (Å²) in [6, 6.07) is 0. The van der Waals surface area contributed by atoms with E-state index in [2.05, 4.69) is 23.8 Å². The first-order valence-electron chi connectivity index (χ1n) is 5.65. The van der Waals surface area contributed by atoms with Crippen molar-refractivity contribution in [3.63, 3.8) is 0 Å². The third kappa shape index (κ3) is 3.00. The molecule has 1 aromatic rings. The monoisotopic (exact) mass is 256 g/mol. The molecule has 17 heavy (non-hydrogen) atoms. The van der Waals surface area contributed by atoms with Crippen molar-refractivity contribution in [2.75, 3.05) is 29.5 Å². The van der Waals surface area contributed by atoms with E-state index in [9.17, 15) is 4.39 Å². The molecule has 1 aliphatic heterocycles. The second-order valence-electron chi connectivity index (χ2n) is 4.74. The van der Waals surface area contributed by atoms with Crippen LogP contribution in [0.4, 0.5) is 16.2 Å². The van der Waals surface area contributed by atoms with Crippen LogP contribution in [0.3, 0.4) is 0 Å². The molecule has 2 rings (SSSR count). The molecule has 1 aliphatic rings. The van der Waals surface area contributed by atoms with Crippen LogP contribution >= 0.6 is 11.8 Å². The zero-order chi connectivity index (χ0) is 12.5. The summed E-state index contributed by atoms with van der Waals surface area (Å²) in [5.41, 5.74) is 5.51. The molecule has 4 nitrogen and oxygen atoms in total. The van der Waals surface area contributed by atoms with Crippen LogP contribution < -0.4 is 10.6 Å². The minimum atomic E-state index is -0.399. The van der Waals surface area contributed by atoms with Gasteiger partial charge in [-0.3, -0.25) is 0 Å². The number of nitrogens with zero attached hydrogens (tertiary/aromatic N) is 3. The summed E-state index contributed by atoms with van der Waals surface area (Å²) in [6.07, 6.45) is 2.14. The Labute approximate surface area is 105 Å². The van der Waals surface area contributed by atoms with Gasteiger partial charge in [-0.2, -0.15) is 16.7 Å². The fourth-order valence-electron chi connectivity index (χ4n) is 1.83. The van der Waals surface area contributed by atoms with E-state index in [0.717, 1.165) is 31.5 Å². The average molecular weight is 256 g/mol. The van der Waals surface area contributed by atoms with Crippen molar-refractivity contribution in [2.45, 2.75) is 25.0 Å². The van der Waals surface area contributed by atoms with Gasteiger partial charge >= 0.3 is 0 Å². The molecule has 0 aliphatic carbocycles. The van der Waals surface area contributed by atoms with Crippen molar-refractivity contribution in [2.24, 2.45) is 0 Å². The number of rotatable bonds is 1. The number of anilines is 2. The van der Waals surface area contributed by atoms with Crippen LogP contribution in [0.2, 0.25) is 0 Å². The molecule has 0 amide bonds. The molecule has 94 valence electrons. The van der Waals surface area contributed by atoms with E-state index in [4.69, 9.17) is 5.73 Å². The first kappa shape index (κ1) is 12.4. The highest BCUT2D eigenvalue weighted by molar-refractivity contribution is 8.00. The minimum Gasteiger partial charge on any atom is -0.368 e. The third-order valence-electron chi connectivity index (χ3n) is 2.88. The van der Waals surface area contributed by atoms with Gasteiger partial charge in [0.1, 0.15) is 0 Å². The number of aromatic nitrogens is 2. The van der Waals surface area contributed by atoms with E-state index in [-0.39, 0.29) is 10.7 Å². The highest BCUT2D eigenvalue weighted by Crippen LogP contribution is 2.32. The fraction of sp³-hybridized carbons (Fsp3) is 0.636. The van der Waals surface area contributed by atoms with E-state index in [0.29, 0.717) is 5.82 Å². The van der Waals surface area contributed by atoms with E-state index >= 15 is 0 Å². The summed E-state index contributed by atoms with van der Waals surface area (Å²) >= 11 is 1.91. The molecular formula is C11H17FN4S. The van der Waals surface area contributed by atoms with Crippen molar-refractivity contribution in [1.82, 2.24) is 9.97 Å². The van der Waals surface area contributed by atoms with Gasteiger partial charge in [-0.15, -0.1) is 0 Å². The zero-order valence-corrected chi connectivity index (χ0v) is 10.9. The molecule has 0 saturated carbocycles. The second kappa shape index (κ2) is 4.68. The Hall–Kier alpha value is -1.04. The Kier molecular flexibility index (Phi) is 3.42. The van der Waals surface area contributed by atoms with E-state index < -0.39 is 5.82 Å². The molecular weight excluding hydrogens is 239 g/mol. The summed E-state index contributed by atoms with van der Waals surface area (Å²) in [6.45, 7) is 6.02. The Bertz CT molecular complexity index is 410. The van der Waals surface area contributed by atoms with Crippen molar-refractivity contribution in [1.29, 1.82) is 0 Å². The first-order chi connectivity index (χ1) is 7.98. The van der Waals surface area contributed by atoms with Gasteiger partial charge in [0.15, 0.2) is 11.6 Å². The minimum absolute atomic E-state index is 0.123. The number of thioether (sulfide) groups is 1. The molecule has 2 N–H and O–H groups in total. The molecule has 1 saturated heterocycles. The van der Waals surface area contributed by atoms with Crippen LogP contribution in [0.1, 0.15) is 20.3 Å². The zero-order valence-electron chi connectivity index (χ0n) is 10.1. The van der Waals surface area contributed by atoms with E-state index in [1.165, 1.54) is 0 Å². The lowest BCUT2D eigenvalue weighted by molar-refractivity contribution is 0.590. The summed E-state index contributed by atoms with van der Waals surface area (Å²) in [7, 11) is 0. The molecule has 0 aromatic carbocycles. The van der Waals surface area contributed by atoms with Crippen LogP contribution in [0.15, 0.2) is 6.20 Å². The van der Waals surface area contributed by atoms with Gasteiger partial charge in [0, 0.05) is 23.6 Å². The van der Waals surface area contributed by atoms with Gasteiger partial charge in [0.2, 0.25) is 5.95 Å². The van der Waals surface area contributed by atoms with Crippen LogP contribution in [-0.4, -0.2) is 33.6 Å². The summed E-state index contributed by atoms with van der Waals surface area (Å²) in [5, 5.41) is 0. The number of hydrogen-bond acceptors (Lipinski definition) is 5. The number of hydrogen-bond donors (Lipinski definition) is 1. The number of halogens is 1. The maximum Gasteiger partial charge on any atom is 0.222 e. The van der Waals surface area contributed by atoms with E-state index in [1.807, 2.05) is 16.7 Å². The maximum atomic E-state index is 13.7. The third-order valence-corrected chi connectivity index (χ3v) is 4.25. The van der Waals surface area contributed by atoms with Crippen molar-refractivity contribution >= 4 is 23.5 Å².